The van der Waals surface area contributed by atoms with E-state index < -0.39 is 29.2 Å². The summed E-state index contributed by atoms with van der Waals surface area (Å²) >= 11 is 0. The molecule has 2 N–H and O–H groups in total. The molecule has 1 nitrogen and oxygen atoms in total. The van der Waals surface area contributed by atoms with Crippen LogP contribution in [0.25, 0.3) is 0 Å². The molecule has 1 rings (SSSR count). The van der Waals surface area contributed by atoms with Crippen LogP contribution in [-0.2, 0) is 6.18 Å². The number of hydrogen-bond acceptors (Lipinski definition) is 1. The number of nitrogens with two attached hydrogens (primary N) is 1. The van der Waals surface area contributed by atoms with E-state index in [1.165, 1.54) is 0 Å². The highest BCUT2D eigenvalue weighted by Crippen LogP contribution is 2.36. The van der Waals surface area contributed by atoms with Crippen LogP contribution in [0.15, 0.2) is 18.2 Å². The Morgan fingerprint density at radius 3 is 2.22 bits per heavy atom. The number of hydrogen-bond donors (Lipinski definition) is 1. The second-order valence-corrected chi connectivity index (χ2v) is 4.43. The molecule has 0 saturated carbocycles. The van der Waals surface area contributed by atoms with E-state index in [9.17, 15) is 17.6 Å². The average molecular weight is 286 g/mol. The molecule has 0 aliphatic carbocycles. The second kappa shape index (κ2) is 6.38. The van der Waals surface area contributed by atoms with Crippen molar-refractivity contribution < 1.29 is 17.6 Å². The lowest BCUT2D eigenvalue weighted by atomic mass is 9.93. The molecule has 0 saturated heterocycles. The highest BCUT2D eigenvalue weighted by atomic mass is 35.5. The lowest BCUT2D eigenvalue weighted by Crippen LogP contribution is -2.20. The van der Waals surface area contributed by atoms with Crippen molar-refractivity contribution in [1.29, 1.82) is 0 Å². The summed E-state index contributed by atoms with van der Waals surface area (Å²) in [5.41, 5.74) is 4.24. The SMILES string of the molecule is CC(C)C[C@H](N)c1c(F)cccc1C(F)(F)F.Cl. The van der Waals surface area contributed by atoms with Gasteiger partial charge in [0.2, 0.25) is 0 Å². The lowest BCUT2D eigenvalue weighted by Gasteiger charge is -2.20. The number of alkyl halides is 3. The van der Waals surface area contributed by atoms with Crippen LogP contribution in [0.4, 0.5) is 17.6 Å². The zero-order valence-corrected chi connectivity index (χ0v) is 10.9. The largest absolute Gasteiger partial charge is 0.416 e. The van der Waals surface area contributed by atoms with Gasteiger partial charge < -0.3 is 5.73 Å². The Kier molecular flexibility index (Phi) is 6.10. The normalized spacial score (nSPS) is 13.3. The van der Waals surface area contributed by atoms with Crippen molar-refractivity contribution >= 4 is 12.4 Å². The third kappa shape index (κ3) is 4.14. The Labute approximate surface area is 110 Å². The van der Waals surface area contributed by atoms with Gasteiger partial charge >= 0.3 is 6.18 Å². The summed E-state index contributed by atoms with van der Waals surface area (Å²) in [7, 11) is 0. The van der Waals surface area contributed by atoms with Crippen molar-refractivity contribution in [2.45, 2.75) is 32.5 Å². The van der Waals surface area contributed by atoms with E-state index in [4.69, 9.17) is 5.73 Å². The first-order chi connectivity index (χ1) is 7.73. The molecule has 0 fully saturated rings. The fraction of sp³-hybridized carbons (Fsp3) is 0.500. The Balaban J connectivity index is 0.00000289. The van der Waals surface area contributed by atoms with Crippen molar-refractivity contribution in [2.75, 3.05) is 0 Å². The predicted octanol–water partition coefficient (Wildman–Crippen LogP) is 4.31. The van der Waals surface area contributed by atoms with Gasteiger partial charge in [-0.1, -0.05) is 19.9 Å². The molecule has 0 aliphatic heterocycles. The molecule has 0 radical (unpaired) electrons. The monoisotopic (exact) mass is 285 g/mol. The van der Waals surface area contributed by atoms with E-state index in [0.717, 1.165) is 18.2 Å². The van der Waals surface area contributed by atoms with Gasteiger partial charge in [0.1, 0.15) is 5.82 Å². The van der Waals surface area contributed by atoms with Gasteiger partial charge in [-0.3, -0.25) is 0 Å². The van der Waals surface area contributed by atoms with Gasteiger partial charge in [-0.25, -0.2) is 4.39 Å². The molecule has 0 spiro atoms. The maximum atomic E-state index is 13.5. The van der Waals surface area contributed by atoms with Gasteiger partial charge in [-0.2, -0.15) is 13.2 Å². The zero-order valence-electron chi connectivity index (χ0n) is 10.1. The number of halogens is 5. The Bertz CT molecular complexity index is 390. The van der Waals surface area contributed by atoms with Crippen LogP contribution < -0.4 is 5.73 Å². The summed E-state index contributed by atoms with van der Waals surface area (Å²) in [6.07, 6.45) is -4.27. The van der Waals surface area contributed by atoms with Crippen LogP contribution in [0.5, 0.6) is 0 Å². The summed E-state index contributed by atoms with van der Waals surface area (Å²) in [6, 6.07) is 1.97. The highest BCUT2D eigenvalue weighted by molar-refractivity contribution is 5.85. The van der Waals surface area contributed by atoms with E-state index in [1.54, 1.807) is 0 Å². The van der Waals surface area contributed by atoms with E-state index >= 15 is 0 Å². The molecule has 1 aromatic rings. The summed E-state index contributed by atoms with van der Waals surface area (Å²) in [4.78, 5) is 0. The second-order valence-electron chi connectivity index (χ2n) is 4.43. The molecule has 104 valence electrons. The minimum Gasteiger partial charge on any atom is -0.324 e. The Hall–Kier alpha value is -0.810. The van der Waals surface area contributed by atoms with Crippen molar-refractivity contribution in [3.05, 3.63) is 35.1 Å². The standard InChI is InChI=1S/C12H15F4N.ClH/c1-7(2)6-10(17)11-8(12(14,15)16)4-3-5-9(11)13;/h3-5,7,10H,6,17H2,1-2H3;1H/t10-;/m0./s1. The first-order valence-corrected chi connectivity index (χ1v) is 5.34. The van der Waals surface area contributed by atoms with Gasteiger partial charge in [0, 0.05) is 11.6 Å². The van der Waals surface area contributed by atoms with Crippen LogP contribution >= 0.6 is 12.4 Å². The van der Waals surface area contributed by atoms with E-state index in [1.807, 2.05) is 13.8 Å². The topological polar surface area (TPSA) is 26.0 Å². The molecular formula is C12H16ClF4N. The van der Waals surface area contributed by atoms with Crippen molar-refractivity contribution in [2.24, 2.45) is 11.7 Å². The maximum Gasteiger partial charge on any atom is 0.416 e. The lowest BCUT2D eigenvalue weighted by molar-refractivity contribution is -0.138. The summed E-state index contributed by atoms with van der Waals surface area (Å²) in [5, 5.41) is 0. The van der Waals surface area contributed by atoms with Gasteiger partial charge in [0.25, 0.3) is 0 Å². The maximum absolute atomic E-state index is 13.5. The Morgan fingerprint density at radius 1 is 1.22 bits per heavy atom. The van der Waals surface area contributed by atoms with Crippen molar-refractivity contribution in [3.63, 3.8) is 0 Å². The molecule has 0 aliphatic rings. The smallest absolute Gasteiger partial charge is 0.324 e. The van der Waals surface area contributed by atoms with Gasteiger partial charge in [0.15, 0.2) is 0 Å². The molecule has 0 amide bonds. The summed E-state index contributed by atoms with van der Waals surface area (Å²) in [6.45, 7) is 3.65. The van der Waals surface area contributed by atoms with Gasteiger partial charge in [0.05, 0.1) is 5.56 Å². The van der Waals surface area contributed by atoms with E-state index in [0.29, 0.717) is 6.42 Å². The molecule has 1 aromatic carbocycles. The van der Waals surface area contributed by atoms with Crippen LogP contribution in [-0.4, -0.2) is 0 Å². The molecule has 6 heteroatoms. The van der Waals surface area contributed by atoms with Crippen LogP contribution in [0.1, 0.15) is 37.4 Å². The number of rotatable bonds is 3. The van der Waals surface area contributed by atoms with E-state index in [2.05, 4.69) is 0 Å². The van der Waals surface area contributed by atoms with Gasteiger partial charge in [-0.05, 0) is 24.5 Å². The molecule has 18 heavy (non-hydrogen) atoms. The first-order valence-electron chi connectivity index (χ1n) is 5.34. The summed E-state index contributed by atoms with van der Waals surface area (Å²) < 4.78 is 51.6. The number of benzene rings is 1. The minimum atomic E-state index is -4.58. The molecule has 0 heterocycles. The van der Waals surface area contributed by atoms with Gasteiger partial charge in [-0.15, -0.1) is 12.4 Å². The quantitative estimate of drug-likeness (QED) is 0.823. The van der Waals surface area contributed by atoms with Crippen LogP contribution in [0.2, 0.25) is 0 Å². The van der Waals surface area contributed by atoms with Crippen molar-refractivity contribution in [1.82, 2.24) is 0 Å². The molecule has 0 bridgehead atoms. The first kappa shape index (κ1) is 17.2. The third-order valence-electron chi connectivity index (χ3n) is 2.45. The fourth-order valence-corrected chi connectivity index (χ4v) is 1.79. The highest BCUT2D eigenvalue weighted by Gasteiger charge is 2.36. The average Bonchev–Trinajstić information content (AvgIpc) is 2.14. The zero-order chi connectivity index (χ0) is 13.2. The van der Waals surface area contributed by atoms with Crippen LogP contribution in [0.3, 0.4) is 0 Å². The van der Waals surface area contributed by atoms with Crippen molar-refractivity contribution in [3.8, 4) is 0 Å². The van der Waals surface area contributed by atoms with E-state index in [-0.39, 0.29) is 18.3 Å². The Morgan fingerprint density at radius 2 is 1.78 bits per heavy atom. The predicted molar refractivity (Wildman–Crippen MR) is 65.0 cm³/mol. The molecule has 1 atom stereocenters. The molecule has 0 aromatic heterocycles. The molecular weight excluding hydrogens is 270 g/mol. The molecule has 0 unspecified atom stereocenters. The third-order valence-corrected chi connectivity index (χ3v) is 2.45. The summed E-state index contributed by atoms with van der Waals surface area (Å²) in [5.74, 6) is -0.793. The minimum absolute atomic E-state index is 0. The fourth-order valence-electron chi connectivity index (χ4n) is 1.79. The van der Waals surface area contributed by atoms with Crippen LogP contribution in [0, 0.1) is 11.7 Å².